The van der Waals surface area contributed by atoms with E-state index >= 15 is 0 Å². The summed E-state index contributed by atoms with van der Waals surface area (Å²) in [5.41, 5.74) is -2.26. The first-order valence-corrected chi connectivity index (χ1v) is 6.97. The Bertz CT molecular complexity index is 825. The van der Waals surface area contributed by atoms with Gasteiger partial charge >= 0.3 is 6.18 Å². The van der Waals surface area contributed by atoms with E-state index in [2.05, 4.69) is 5.32 Å². The lowest BCUT2D eigenvalue weighted by Gasteiger charge is -2.12. The van der Waals surface area contributed by atoms with Gasteiger partial charge in [0.05, 0.1) is 15.5 Å². The number of halogens is 5. The minimum atomic E-state index is -4.71. The van der Waals surface area contributed by atoms with Gasteiger partial charge in [-0.25, -0.2) is 0 Å². The molecule has 0 unspecified atom stereocenters. The number of nitrogens with zero attached hydrogens (tertiary/aromatic N) is 1. The molecule has 0 atom stereocenters. The molecule has 0 saturated carbocycles. The molecule has 0 aliphatic carbocycles. The molecular weight excluding hydrogens is 372 g/mol. The summed E-state index contributed by atoms with van der Waals surface area (Å²) in [6, 6.07) is 6.05. The minimum Gasteiger partial charge on any atom is -0.322 e. The molecule has 10 heteroatoms. The Hall–Kier alpha value is -2.32. The van der Waals surface area contributed by atoms with E-state index in [1.165, 1.54) is 6.07 Å². The predicted octanol–water partition coefficient (Wildman–Crippen LogP) is 5.17. The summed E-state index contributed by atoms with van der Waals surface area (Å²) in [5, 5.41) is 12.6. The number of rotatable bonds is 3. The quantitative estimate of drug-likeness (QED) is 0.591. The Balaban J connectivity index is 2.38. The van der Waals surface area contributed by atoms with Gasteiger partial charge in [-0.15, -0.1) is 0 Å². The molecule has 126 valence electrons. The van der Waals surface area contributed by atoms with Crippen molar-refractivity contribution in [1.29, 1.82) is 0 Å². The van der Waals surface area contributed by atoms with E-state index in [-0.39, 0.29) is 16.3 Å². The number of amides is 1. The van der Waals surface area contributed by atoms with Crippen molar-refractivity contribution >= 4 is 40.5 Å². The Kier molecular flexibility index (Phi) is 5.00. The third-order valence-electron chi connectivity index (χ3n) is 2.93. The molecular formula is C14H7Cl2F3N2O3. The Labute approximate surface area is 143 Å². The van der Waals surface area contributed by atoms with Gasteiger partial charge in [-0.3, -0.25) is 14.9 Å². The molecule has 0 saturated heterocycles. The molecule has 0 radical (unpaired) electrons. The molecule has 0 heterocycles. The molecule has 1 amide bonds. The Morgan fingerprint density at radius 1 is 1.12 bits per heavy atom. The number of nitro groups is 1. The van der Waals surface area contributed by atoms with Gasteiger partial charge in [0.15, 0.2) is 0 Å². The average Bonchev–Trinajstić information content (AvgIpc) is 2.47. The summed E-state index contributed by atoms with van der Waals surface area (Å²) < 4.78 is 38.4. The minimum absolute atomic E-state index is 0.0674. The zero-order chi connectivity index (χ0) is 18.1. The number of nitrogens with one attached hydrogen (secondary N) is 1. The first-order valence-electron chi connectivity index (χ1n) is 6.21. The molecule has 0 spiro atoms. The molecule has 0 aliphatic rings. The van der Waals surface area contributed by atoms with E-state index in [9.17, 15) is 28.1 Å². The maximum absolute atomic E-state index is 12.8. The number of alkyl halides is 3. The molecule has 0 fully saturated rings. The molecule has 24 heavy (non-hydrogen) atoms. The SMILES string of the molecule is O=C(Nc1ccc(Cl)c(C(F)(F)F)c1)c1cc(Cl)ccc1[N+](=O)[O-]. The number of carbonyl (C=O) groups is 1. The van der Waals surface area contributed by atoms with Crippen LogP contribution in [0.25, 0.3) is 0 Å². The highest BCUT2D eigenvalue weighted by atomic mass is 35.5. The van der Waals surface area contributed by atoms with Crippen LogP contribution in [0.2, 0.25) is 10.0 Å². The summed E-state index contributed by atoms with van der Waals surface area (Å²) in [5.74, 6) is -0.973. The van der Waals surface area contributed by atoms with Gasteiger partial charge in [0.2, 0.25) is 0 Å². The third kappa shape index (κ3) is 3.95. The lowest BCUT2D eigenvalue weighted by atomic mass is 10.1. The molecule has 5 nitrogen and oxygen atoms in total. The fourth-order valence-electron chi connectivity index (χ4n) is 1.87. The van der Waals surface area contributed by atoms with Crippen molar-refractivity contribution in [3.63, 3.8) is 0 Å². The number of nitro benzene ring substituents is 1. The standard InChI is InChI=1S/C14H7Cl2F3N2O3/c15-7-1-4-12(21(23)24)9(5-7)13(22)20-8-2-3-11(16)10(6-8)14(17,18)19/h1-6H,(H,20,22). The second-order valence-electron chi connectivity index (χ2n) is 4.57. The van der Waals surface area contributed by atoms with Crippen LogP contribution in [0, 0.1) is 10.1 Å². The zero-order valence-corrected chi connectivity index (χ0v) is 13.0. The van der Waals surface area contributed by atoms with Crippen molar-refractivity contribution in [2.24, 2.45) is 0 Å². The first-order chi connectivity index (χ1) is 11.1. The fraction of sp³-hybridized carbons (Fsp3) is 0.0714. The van der Waals surface area contributed by atoms with Crippen LogP contribution in [0.5, 0.6) is 0 Å². The Morgan fingerprint density at radius 2 is 1.79 bits per heavy atom. The van der Waals surface area contributed by atoms with Crippen LogP contribution in [0.4, 0.5) is 24.5 Å². The van der Waals surface area contributed by atoms with E-state index in [4.69, 9.17) is 23.2 Å². The molecule has 2 aromatic rings. The fourth-order valence-corrected chi connectivity index (χ4v) is 2.26. The summed E-state index contributed by atoms with van der Waals surface area (Å²) in [4.78, 5) is 22.3. The number of hydrogen-bond acceptors (Lipinski definition) is 3. The highest BCUT2D eigenvalue weighted by Crippen LogP contribution is 2.36. The topological polar surface area (TPSA) is 72.2 Å². The lowest BCUT2D eigenvalue weighted by molar-refractivity contribution is -0.385. The van der Waals surface area contributed by atoms with E-state index in [1.807, 2.05) is 0 Å². The van der Waals surface area contributed by atoms with E-state index < -0.39 is 33.3 Å². The lowest BCUT2D eigenvalue weighted by Crippen LogP contribution is -2.15. The average molecular weight is 379 g/mol. The second kappa shape index (κ2) is 6.66. The van der Waals surface area contributed by atoms with Crippen LogP contribution >= 0.6 is 23.2 Å². The van der Waals surface area contributed by atoms with Crippen molar-refractivity contribution in [2.75, 3.05) is 5.32 Å². The summed E-state index contributed by atoms with van der Waals surface area (Å²) in [6.07, 6.45) is -4.71. The van der Waals surface area contributed by atoms with Crippen LogP contribution in [-0.4, -0.2) is 10.8 Å². The maximum atomic E-state index is 12.8. The number of benzene rings is 2. The molecule has 2 aromatic carbocycles. The molecule has 0 aromatic heterocycles. The van der Waals surface area contributed by atoms with Crippen LogP contribution in [0.3, 0.4) is 0 Å². The normalized spacial score (nSPS) is 11.2. The van der Waals surface area contributed by atoms with Crippen molar-refractivity contribution in [3.05, 3.63) is 67.7 Å². The zero-order valence-electron chi connectivity index (χ0n) is 11.5. The van der Waals surface area contributed by atoms with Crippen molar-refractivity contribution in [3.8, 4) is 0 Å². The van der Waals surface area contributed by atoms with E-state index in [1.54, 1.807) is 0 Å². The number of carbonyl (C=O) groups excluding carboxylic acids is 1. The van der Waals surface area contributed by atoms with Crippen LogP contribution in [0.1, 0.15) is 15.9 Å². The van der Waals surface area contributed by atoms with Crippen molar-refractivity contribution < 1.29 is 22.9 Å². The first kappa shape index (κ1) is 18.0. The summed E-state index contributed by atoms with van der Waals surface area (Å²) >= 11 is 11.2. The summed E-state index contributed by atoms with van der Waals surface area (Å²) in [6.45, 7) is 0. The van der Waals surface area contributed by atoms with Gasteiger partial charge in [0.1, 0.15) is 5.56 Å². The van der Waals surface area contributed by atoms with Crippen molar-refractivity contribution in [1.82, 2.24) is 0 Å². The second-order valence-corrected chi connectivity index (χ2v) is 5.41. The Morgan fingerprint density at radius 3 is 2.38 bits per heavy atom. The van der Waals surface area contributed by atoms with Crippen LogP contribution in [0.15, 0.2) is 36.4 Å². The van der Waals surface area contributed by atoms with Crippen LogP contribution in [-0.2, 0) is 6.18 Å². The van der Waals surface area contributed by atoms with Gasteiger partial charge in [0.25, 0.3) is 11.6 Å². The van der Waals surface area contributed by atoms with E-state index in [0.29, 0.717) is 6.07 Å². The monoisotopic (exact) mass is 378 g/mol. The molecule has 1 N–H and O–H groups in total. The van der Waals surface area contributed by atoms with Crippen LogP contribution < -0.4 is 5.32 Å². The largest absolute Gasteiger partial charge is 0.417 e. The predicted molar refractivity (Wildman–Crippen MR) is 82.5 cm³/mol. The number of hydrogen-bond donors (Lipinski definition) is 1. The molecule has 2 rings (SSSR count). The third-order valence-corrected chi connectivity index (χ3v) is 3.49. The van der Waals surface area contributed by atoms with Gasteiger partial charge in [-0.2, -0.15) is 13.2 Å². The van der Waals surface area contributed by atoms with Gasteiger partial charge < -0.3 is 5.32 Å². The van der Waals surface area contributed by atoms with Gasteiger partial charge in [0, 0.05) is 16.8 Å². The highest BCUT2D eigenvalue weighted by molar-refractivity contribution is 6.32. The molecule has 0 aliphatic heterocycles. The summed E-state index contributed by atoms with van der Waals surface area (Å²) in [7, 11) is 0. The molecule has 0 bridgehead atoms. The smallest absolute Gasteiger partial charge is 0.322 e. The maximum Gasteiger partial charge on any atom is 0.417 e. The van der Waals surface area contributed by atoms with Crippen molar-refractivity contribution in [2.45, 2.75) is 6.18 Å². The number of anilines is 1. The van der Waals surface area contributed by atoms with Gasteiger partial charge in [-0.05, 0) is 30.3 Å². The highest BCUT2D eigenvalue weighted by Gasteiger charge is 2.33. The van der Waals surface area contributed by atoms with E-state index in [0.717, 1.165) is 24.3 Å². The van der Waals surface area contributed by atoms with Gasteiger partial charge in [-0.1, -0.05) is 23.2 Å².